The Morgan fingerprint density at radius 1 is 1.17 bits per heavy atom. The molecule has 0 aliphatic carbocycles. The molecule has 0 saturated carbocycles. The van der Waals surface area contributed by atoms with Crippen LogP contribution in [0.3, 0.4) is 0 Å². The second-order valence-electron chi connectivity index (χ2n) is 5.52. The predicted octanol–water partition coefficient (Wildman–Crippen LogP) is 2.07. The van der Waals surface area contributed by atoms with Gasteiger partial charge in [0, 0.05) is 18.5 Å². The van der Waals surface area contributed by atoms with Crippen LogP contribution in [-0.2, 0) is 9.59 Å². The maximum Gasteiger partial charge on any atom is 0.235 e. The zero-order chi connectivity index (χ0) is 14.0. The zero-order valence-corrected chi connectivity index (χ0v) is 12.1. The first-order valence-corrected chi connectivity index (χ1v) is 7.01. The Morgan fingerprint density at radius 3 is 2.00 bits per heavy atom. The Morgan fingerprint density at radius 2 is 1.67 bits per heavy atom. The number of imide groups is 1. The molecule has 0 aromatic heterocycles. The quantitative estimate of drug-likeness (QED) is 0.738. The number of hydrogen-bond donors (Lipinski definition) is 1. The Bertz CT molecular complexity index is 331. The topological polar surface area (TPSA) is 63.4 Å². The molecule has 0 aromatic rings. The SMILES string of the molecule is CCC(N)(CC)CN1C(=O)CC(CC)(CC)C1=O. The summed E-state index contributed by atoms with van der Waals surface area (Å²) in [4.78, 5) is 25.9. The first-order valence-electron chi connectivity index (χ1n) is 7.01. The highest BCUT2D eigenvalue weighted by atomic mass is 16.2. The van der Waals surface area contributed by atoms with E-state index in [1.165, 1.54) is 4.90 Å². The molecule has 1 saturated heterocycles. The molecule has 1 aliphatic heterocycles. The Labute approximate surface area is 110 Å². The van der Waals surface area contributed by atoms with Crippen LogP contribution in [0.15, 0.2) is 0 Å². The summed E-state index contributed by atoms with van der Waals surface area (Å²) < 4.78 is 0. The summed E-state index contributed by atoms with van der Waals surface area (Å²) in [5, 5.41) is 0. The van der Waals surface area contributed by atoms with Crippen LogP contribution >= 0.6 is 0 Å². The lowest BCUT2D eigenvalue weighted by Gasteiger charge is -2.32. The smallest absolute Gasteiger partial charge is 0.235 e. The third-order valence-electron chi connectivity index (χ3n) is 4.72. The molecule has 2 N–H and O–H groups in total. The summed E-state index contributed by atoms with van der Waals surface area (Å²) in [7, 11) is 0. The van der Waals surface area contributed by atoms with Crippen LogP contribution in [-0.4, -0.2) is 28.8 Å². The van der Waals surface area contributed by atoms with Crippen molar-refractivity contribution in [3.63, 3.8) is 0 Å². The molecule has 0 unspecified atom stereocenters. The van der Waals surface area contributed by atoms with Gasteiger partial charge >= 0.3 is 0 Å². The number of nitrogens with two attached hydrogens (primary N) is 1. The first kappa shape index (κ1) is 15.2. The lowest BCUT2D eigenvalue weighted by atomic mass is 9.81. The van der Waals surface area contributed by atoms with Gasteiger partial charge in [-0.05, 0) is 25.7 Å². The normalized spacial score (nSPS) is 19.7. The number of carbonyl (C=O) groups excluding carboxylic acids is 2. The number of likely N-dealkylation sites (tertiary alicyclic amines) is 1. The van der Waals surface area contributed by atoms with Crippen molar-refractivity contribution in [3.05, 3.63) is 0 Å². The van der Waals surface area contributed by atoms with E-state index < -0.39 is 11.0 Å². The maximum absolute atomic E-state index is 12.5. The Kier molecular flexibility index (Phi) is 4.54. The van der Waals surface area contributed by atoms with E-state index in [1.807, 2.05) is 27.7 Å². The Hall–Kier alpha value is -0.900. The van der Waals surface area contributed by atoms with Gasteiger partial charge in [0.25, 0.3) is 0 Å². The molecule has 4 nitrogen and oxygen atoms in total. The van der Waals surface area contributed by atoms with Crippen molar-refractivity contribution in [1.82, 2.24) is 4.90 Å². The van der Waals surface area contributed by atoms with Crippen molar-refractivity contribution in [3.8, 4) is 0 Å². The van der Waals surface area contributed by atoms with Crippen molar-refractivity contribution >= 4 is 11.8 Å². The second-order valence-corrected chi connectivity index (χ2v) is 5.52. The van der Waals surface area contributed by atoms with Crippen LogP contribution < -0.4 is 5.73 Å². The predicted molar refractivity (Wildman–Crippen MR) is 71.9 cm³/mol. The van der Waals surface area contributed by atoms with E-state index in [2.05, 4.69) is 0 Å². The number of amides is 2. The van der Waals surface area contributed by atoms with Gasteiger partial charge in [-0.2, -0.15) is 0 Å². The van der Waals surface area contributed by atoms with Gasteiger partial charge in [0.15, 0.2) is 0 Å². The van der Waals surface area contributed by atoms with Crippen molar-refractivity contribution in [2.45, 2.75) is 65.3 Å². The molecule has 1 rings (SSSR count). The van der Waals surface area contributed by atoms with E-state index in [0.717, 1.165) is 25.7 Å². The standard InChI is InChI=1S/C14H26N2O2/c1-5-13(6-2)9-11(17)16(12(13)18)10-14(15,7-3)8-4/h5-10,15H2,1-4H3. The molecular formula is C14H26N2O2. The van der Waals surface area contributed by atoms with Gasteiger partial charge in [-0.1, -0.05) is 27.7 Å². The molecular weight excluding hydrogens is 228 g/mol. The largest absolute Gasteiger partial charge is 0.324 e. The summed E-state index contributed by atoms with van der Waals surface area (Å²) >= 11 is 0. The van der Waals surface area contributed by atoms with Gasteiger partial charge in [-0.25, -0.2) is 0 Å². The van der Waals surface area contributed by atoms with Crippen LogP contribution in [0, 0.1) is 5.41 Å². The van der Waals surface area contributed by atoms with Gasteiger partial charge in [0.2, 0.25) is 11.8 Å². The minimum atomic E-state index is -0.473. The molecule has 18 heavy (non-hydrogen) atoms. The fourth-order valence-corrected chi connectivity index (χ4v) is 2.61. The molecule has 1 fully saturated rings. The molecule has 4 heteroatoms. The first-order chi connectivity index (χ1) is 8.38. The van der Waals surface area contributed by atoms with Crippen molar-refractivity contribution < 1.29 is 9.59 Å². The third-order valence-corrected chi connectivity index (χ3v) is 4.72. The highest BCUT2D eigenvalue weighted by Gasteiger charge is 2.50. The van der Waals surface area contributed by atoms with Gasteiger partial charge in [-0.3, -0.25) is 14.5 Å². The highest BCUT2D eigenvalue weighted by molar-refractivity contribution is 6.05. The number of hydrogen-bond acceptors (Lipinski definition) is 3. The fourth-order valence-electron chi connectivity index (χ4n) is 2.61. The molecule has 0 spiro atoms. The van der Waals surface area contributed by atoms with Crippen LogP contribution in [0.5, 0.6) is 0 Å². The lowest BCUT2D eigenvalue weighted by Crippen LogP contribution is -2.51. The molecule has 0 radical (unpaired) electrons. The third kappa shape index (κ3) is 2.44. The van der Waals surface area contributed by atoms with E-state index >= 15 is 0 Å². The van der Waals surface area contributed by atoms with Crippen LogP contribution in [0.2, 0.25) is 0 Å². The zero-order valence-electron chi connectivity index (χ0n) is 12.1. The van der Waals surface area contributed by atoms with E-state index in [1.54, 1.807) is 0 Å². The molecule has 0 atom stereocenters. The van der Waals surface area contributed by atoms with E-state index in [-0.39, 0.29) is 11.8 Å². The molecule has 0 bridgehead atoms. The Balaban J connectivity index is 2.92. The number of carbonyl (C=O) groups is 2. The molecule has 2 amide bonds. The summed E-state index contributed by atoms with van der Waals surface area (Å²) in [5.41, 5.74) is 5.31. The minimum Gasteiger partial charge on any atom is -0.324 e. The lowest BCUT2D eigenvalue weighted by molar-refractivity contribution is -0.142. The molecule has 0 aromatic carbocycles. The van der Waals surface area contributed by atoms with Crippen LogP contribution in [0.1, 0.15) is 59.8 Å². The van der Waals surface area contributed by atoms with Crippen molar-refractivity contribution in [1.29, 1.82) is 0 Å². The van der Waals surface area contributed by atoms with Gasteiger partial charge in [0.1, 0.15) is 0 Å². The second kappa shape index (κ2) is 5.39. The molecule has 1 aliphatic rings. The number of rotatable bonds is 6. The van der Waals surface area contributed by atoms with Crippen LogP contribution in [0.25, 0.3) is 0 Å². The van der Waals surface area contributed by atoms with Crippen molar-refractivity contribution in [2.75, 3.05) is 6.54 Å². The van der Waals surface area contributed by atoms with E-state index in [9.17, 15) is 9.59 Å². The highest BCUT2D eigenvalue weighted by Crippen LogP contribution is 2.39. The summed E-state index contributed by atoms with van der Waals surface area (Å²) in [6.07, 6.45) is 3.33. The van der Waals surface area contributed by atoms with E-state index in [4.69, 9.17) is 5.73 Å². The fraction of sp³-hybridized carbons (Fsp3) is 0.857. The van der Waals surface area contributed by atoms with Crippen LogP contribution in [0.4, 0.5) is 0 Å². The monoisotopic (exact) mass is 254 g/mol. The van der Waals surface area contributed by atoms with Gasteiger partial charge in [0.05, 0.1) is 5.41 Å². The minimum absolute atomic E-state index is 0.0192. The summed E-state index contributed by atoms with van der Waals surface area (Å²) in [6, 6.07) is 0. The van der Waals surface area contributed by atoms with Gasteiger partial charge < -0.3 is 5.73 Å². The average Bonchev–Trinajstić information content (AvgIpc) is 2.63. The van der Waals surface area contributed by atoms with Gasteiger partial charge in [-0.15, -0.1) is 0 Å². The average molecular weight is 254 g/mol. The van der Waals surface area contributed by atoms with Crippen molar-refractivity contribution in [2.24, 2.45) is 11.1 Å². The maximum atomic E-state index is 12.5. The molecule has 104 valence electrons. The van der Waals surface area contributed by atoms with E-state index in [0.29, 0.717) is 13.0 Å². The molecule has 1 heterocycles. The summed E-state index contributed by atoms with van der Waals surface area (Å²) in [5.74, 6) is -0.0744. The summed E-state index contributed by atoms with van der Waals surface area (Å²) in [6.45, 7) is 8.32. The number of nitrogens with zero attached hydrogens (tertiary/aromatic N) is 1.